The topological polar surface area (TPSA) is 138 Å². The van der Waals surface area contributed by atoms with Crippen molar-refractivity contribution in [3.8, 4) is 0 Å². The summed E-state index contributed by atoms with van der Waals surface area (Å²) in [6, 6.07) is 0. The molecule has 0 spiro atoms. The van der Waals surface area contributed by atoms with Gasteiger partial charge in [0.25, 0.3) is 0 Å². The van der Waals surface area contributed by atoms with Crippen molar-refractivity contribution < 1.29 is 39.2 Å². The first-order valence-electron chi connectivity index (χ1n) is 25.3. The van der Waals surface area contributed by atoms with E-state index in [1.165, 1.54) is 168 Å². The lowest BCUT2D eigenvalue weighted by Crippen LogP contribution is -2.05. The monoisotopic (exact) mass is 855 g/mol. The number of methoxy groups -OCH3 is 1. The summed E-state index contributed by atoms with van der Waals surface area (Å²) in [6.45, 7) is 0. The Morgan fingerprint density at radius 2 is 0.492 bits per heavy atom. The molecule has 8 nitrogen and oxygen atoms in total. The molecule has 0 radical (unpaired) electrons. The van der Waals surface area contributed by atoms with E-state index >= 15 is 0 Å². The third kappa shape index (κ3) is 34.1. The molecule has 0 bridgehead atoms. The van der Waals surface area contributed by atoms with Gasteiger partial charge in [0.1, 0.15) is 0 Å². The summed E-state index contributed by atoms with van der Waals surface area (Å²) in [7, 11) is 1.47. The number of hydrogen-bond donors (Lipinski definition) is 3. The van der Waals surface area contributed by atoms with Crippen LogP contribution in [0.3, 0.4) is 0 Å². The predicted octanol–water partition coefficient (Wildman–Crippen LogP) is 15.7. The summed E-state index contributed by atoms with van der Waals surface area (Å²) in [6.07, 6.45) is 54.9. The maximum atomic E-state index is 11.5. The molecule has 8 heteroatoms. The molecule has 350 valence electrons. The lowest BCUT2D eigenvalue weighted by molar-refractivity contribution is -0.136. The molecule has 0 atom stereocenters. The van der Waals surface area contributed by atoms with Gasteiger partial charge in [-0.1, -0.05) is 178 Å². The molecule has 61 heavy (non-hydrogen) atoms. The number of carbonyl (C=O) groups is 4. The largest absolute Gasteiger partial charge is 0.478 e. The first-order chi connectivity index (χ1) is 29.8. The molecule has 0 saturated carbocycles. The van der Waals surface area contributed by atoms with Gasteiger partial charge in [0.05, 0.1) is 7.11 Å². The van der Waals surface area contributed by atoms with Gasteiger partial charge in [-0.15, -0.1) is 0 Å². The molecule has 4 rings (SSSR count). The van der Waals surface area contributed by atoms with E-state index in [0.717, 1.165) is 102 Å². The van der Waals surface area contributed by atoms with Crippen molar-refractivity contribution in [3.63, 3.8) is 0 Å². The first kappa shape index (κ1) is 55.9. The van der Waals surface area contributed by atoms with Crippen LogP contribution in [0.2, 0.25) is 0 Å². The van der Waals surface area contributed by atoms with Gasteiger partial charge in [-0.25, -0.2) is 19.2 Å². The molecule has 0 saturated heterocycles. The highest BCUT2D eigenvalue weighted by Crippen LogP contribution is 2.21. The van der Waals surface area contributed by atoms with Crippen LogP contribution in [-0.2, 0) is 23.9 Å². The average molecular weight is 855 g/mol. The van der Waals surface area contributed by atoms with Crippen molar-refractivity contribution in [1.29, 1.82) is 0 Å². The van der Waals surface area contributed by atoms with Gasteiger partial charge in [0.2, 0.25) is 0 Å². The van der Waals surface area contributed by atoms with Crippen LogP contribution in [0.5, 0.6) is 0 Å². The normalized spacial score (nSPS) is 20.7. The fourth-order valence-corrected chi connectivity index (χ4v) is 8.49. The summed E-state index contributed by atoms with van der Waals surface area (Å²) >= 11 is 0. The molecular weight excluding hydrogens is 765 g/mol. The minimum atomic E-state index is -0.716. The maximum absolute atomic E-state index is 11.5. The van der Waals surface area contributed by atoms with E-state index in [1.54, 1.807) is 0 Å². The summed E-state index contributed by atoms with van der Waals surface area (Å²) in [5, 5.41) is 26.9. The van der Waals surface area contributed by atoms with Crippen LogP contribution in [0.15, 0.2) is 46.6 Å². The highest BCUT2D eigenvalue weighted by Gasteiger charge is 2.11. The van der Waals surface area contributed by atoms with Gasteiger partial charge in [-0.2, -0.15) is 0 Å². The average Bonchev–Trinajstić information content (AvgIpc) is 3.22. The van der Waals surface area contributed by atoms with Gasteiger partial charge in [-0.05, 0) is 103 Å². The summed E-state index contributed by atoms with van der Waals surface area (Å²) in [5.74, 6) is -2.27. The Bertz CT molecular complexity index is 1160. The zero-order valence-electron chi connectivity index (χ0n) is 39.0. The van der Waals surface area contributed by atoms with Gasteiger partial charge in [0.15, 0.2) is 0 Å². The van der Waals surface area contributed by atoms with E-state index in [2.05, 4.69) is 6.08 Å². The lowest BCUT2D eigenvalue weighted by Gasteiger charge is -2.08. The number of rotatable bonds is 4. The quantitative estimate of drug-likeness (QED) is 0.238. The Balaban J connectivity index is 0.000000407. The van der Waals surface area contributed by atoms with E-state index in [9.17, 15) is 19.2 Å². The van der Waals surface area contributed by atoms with Gasteiger partial charge in [-0.3, -0.25) is 0 Å². The molecular formula is C53H90O8. The Morgan fingerprint density at radius 1 is 0.311 bits per heavy atom. The van der Waals surface area contributed by atoms with Crippen LogP contribution in [0.25, 0.3) is 0 Å². The molecule has 0 aromatic carbocycles. The van der Waals surface area contributed by atoms with Crippen LogP contribution >= 0.6 is 0 Å². The van der Waals surface area contributed by atoms with Crippen LogP contribution in [-0.4, -0.2) is 46.3 Å². The van der Waals surface area contributed by atoms with Gasteiger partial charge >= 0.3 is 23.9 Å². The van der Waals surface area contributed by atoms with Crippen molar-refractivity contribution >= 4 is 23.9 Å². The molecule has 4 aliphatic carbocycles. The maximum Gasteiger partial charge on any atom is 0.333 e. The van der Waals surface area contributed by atoms with Gasteiger partial charge in [0, 0.05) is 22.3 Å². The van der Waals surface area contributed by atoms with Crippen LogP contribution in [0.1, 0.15) is 257 Å². The van der Waals surface area contributed by atoms with E-state index in [4.69, 9.17) is 20.1 Å². The van der Waals surface area contributed by atoms with Gasteiger partial charge < -0.3 is 20.1 Å². The summed E-state index contributed by atoms with van der Waals surface area (Å²) < 4.78 is 4.81. The SMILES string of the molecule is COC(=O)C1=CCCCCCCCCCC1.O=C(O)C1=CCCCCCCCCCC1.O=C(O)C1=CCCCCCCCCCC1.O=C(O)C1=CCCCCCCCCCC1. The first-order valence-corrected chi connectivity index (χ1v) is 25.3. The fourth-order valence-electron chi connectivity index (χ4n) is 8.49. The van der Waals surface area contributed by atoms with Crippen molar-refractivity contribution in [2.24, 2.45) is 0 Å². The molecule has 0 amide bonds. The van der Waals surface area contributed by atoms with E-state index < -0.39 is 17.9 Å². The van der Waals surface area contributed by atoms with Crippen molar-refractivity contribution in [3.05, 3.63) is 46.6 Å². The Labute approximate surface area is 372 Å². The number of carboxylic acid groups (broad SMARTS) is 3. The lowest BCUT2D eigenvalue weighted by atomic mass is 10.0. The number of carboxylic acids is 3. The Kier molecular flexibility index (Phi) is 37.4. The molecule has 0 fully saturated rings. The number of ether oxygens (including phenoxy) is 1. The Hall–Kier alpha value is -3.16. The molecule has 4 aliphatic rings. The van der Waals surface area contributed by atoms with Crippen LogP contribution in [0, 0.1) is 0 Å². The number of esters is 1. The molecule has 3 N–H and O–H groups in total. The molecule has 0 aliphatic heterocycles. The molecule has 0 aromatic heterocycles. The van der Waals surface area contributed by atoms with E-state index in [-0.39, 0.29) is 5.97 Å². The van der Waals surface area contributed by atoms with Crippen LogP contribution < -0.4 is 0 Å². The summed E-state index contributed by atoms with van der Waals surface area (Å²) in [4.78, 5) is 44.2. The molecule has 0 unspecified atom stereocenters. The zero-order valence-corrected chi connectivity index (χ0v) is 39.0. The summed E-state index contributed by atoms with van der Waals surface area (Å²) in [5.41, 5.74) is 2.80. The number of allylic oxidation sites excluding steroid dienone is 4. The van der Waals surface area contributed by atoms with Crippen LogP contribution in [0.4, 0.5) is 0 Å². The smallest absolute Gasteiger partial charge is 0.333 e. The highest BCUT2D eigenvalue weighted by molar-refractivity contribution is 5.88. The zero-order chi connectivity index (χ0) is 44.4. The number of carbonyl (C=O) groups excluding carboxylic acids is 1. The predicted molar refractivity (Wildman–Crippen MR) is 252 cm³/mol. The third-order valence-corrected chi connectivity index (χ3v) is 12.4. The van der Waals surface area contributed by atoms with Crippen molar-refractivity contribution in [2.75, 3.05) is 7.11 Å². The Morgan fingerprint density at radius 3 is 0.705 bits per heavy atom. The third-order valence-electron chi connectivity index (χ3n) is 12.4. The standard InChI is InChI=1S/C14H24O2.3C13H22O2/c1-16-14(15)13-11-9-7-5-3-2-4-6-8-10-12-13;3*14-13(15)12-10-8-6-4-2-1-3-5-7-9-11-12/h11H,2-10,12H2,1H3;3*10H,1-9,11H2,(H,14,15). The van der Waals surface area contributed by atoms with E-state index in [0.29, 0.717) is 16.7 Å². The second-order valence-corrected chi connectivity index (χ2v) is 17.8. The molecule has 0 aromatic rings. The second kappa shape index (κ2) is 40.9. The minimum Gasteiger partial charge on any atom is -0.478 e. The fraction of sp³-hybridized carbons (Fsp3) is 0.774. The minimum absolute atomic E-state index is 0.128. The number of hydrogen-bond acceptors (Lipinski definition) is 5. The van der Waals surface area contributed by atoms with E-state index in [1.807, 2.05) is 18.2 Å². The molecule has 0 heterocycles. The number of aliphatic carboxylic acids is 3. The highest BCUT2D eigenvalue weighted by atomic mass is 16.5. The van der Waals surface area contributed by atoms with Crippen molar-refractivity contribution in [2.45, 2.75) is 257 Å². The second-order valence-electron chi connectivity index (χ2n) is 17.8. The van der Waals surface area contributed by atoms with Crippen molar-refractivity contribution in [1.82, 2.24) is 0 Å².